The molecular weight excluding hydrogens is 250 g/mol. The maximum Gasteiger partial charge on any atom is 0.0717 e. The van der Waals surface area contributed by atoms with E-state index in [0.717, 1.165) is 32.8 Å². The van der Waals surface area contributed by atoms with Crippen LogP contribution in [0.15, 0.2) is 24.3 Å². The van der Waals surface area contributed by atoms with Crippen molar-refractivity contribution in [1.82, 2.24) is 5.32 Å². The van der Waals surface area contributed by atoms with Gasteiger partial charge in [0.25, 0.3) is 0 Å². The summed E-state index contributed by atoms with van der Waals surface area (Å²) in [5.74, 6) is 0.584. The van der Waals surface area contributed by atoms with Gasteiger partial charge in [0.15, 0.2) is 0 Å². The first kappa shape index (κ1) is 15.5. The van der Waals surface area contributed by atoms with E-state index >= 15 is 0 Å². The highest BCUT2D eigenvalue weighted by molar-refractivity contribution is 5.23. The zero-order chi connectivity index (χ0) is 14.4. The second-order valence-corrected chi connectivity index (χ2v) is 6.67. The van der Waals surface area contributed by atoms with Crippen LogP contribution in [-0.2, 0) is 22.6 Å². The van der Waals surface area contributed by atoms with Crippen LogP contribution in [0.25, 0.3) is 0 Å². The molecule has 0 saturated carbocycles. The fourth-order valence-electron chi connectivity index (χ4n) is 2.25. The van der Waals surface area contributed by atoms with Crippen molar-refractivity contribution < 1.29 is 9.47 Å². The summed E-state index contributed by atoms with van der Waals surface area (Å²) in [5.41, 5.74) is 2.71. The number of hydrogen-bond donors (Lipinski definition) is 1. The minimum absolute atomic E-state index is 0.148. The number of benzene rings is 1. The lowest BCUT2D eigenvalue weighted by Gasteiger charge is -2.20. The Kier molecular flexibility index (Phi) is 5.58. The third kappa shape index (κ3) is 5.61. The highest BCUT2D eigenvalue weighted by atomic mass is 16.5. The lowest BCUT2D eigenvalue weighted by atomic mass is 10.1. The molecule has 3 nitrogen and oxygen atoms in total. The summed E-state index contributed by atoms with van der Waals surface area (Å²) < 4.78 is 11.2. The molecule has 0 radical (unpaired) electrons. The van der Waals surface area contributed by atoms with Crippen LogP contribution in [0, 0.1) is 5.92 Å². The average molecular weight is 277 g/mol. The van der Waals surface area contributed by atoms with Gasteiger partial charge in [-0.2, -0.15) is 0 Å². The van der Waals surface area contributed by atoms with Crippen LogP contribution >= 0.6 is 0 Å². The molecule has 1 aliphatic heterocycles. The Balaban J connectivity index is 1.76. The topological polar surface area (TPSA) is 30.5 Å². The Bertz CT molecular complexity index is 406. The SMILES string of the molecule is CC(C)(C)NCc1cccc(COCC2CCOC2)c1. The smallest absolute Gasteiger partial charge is 0.0717 e. The summed E-state index contributed by atoms with van der Waals surface area (Å²) in [7, 11) is 0. The zero-order valence-electron chi connectivity index (χ0n) is 12.9. The third-order valence-electron chi connectivity index (χ3n) is 3.46. The van der Waals surface area contributed by atoms with Gasteiger partial charge in [0.05, 0.1) is 19.8 Å². The maximum atomic E-state index is 5.80. The van der Waals surface area contributed by atoms with Crippen molar-refractivity contribution in [3.8, 4) is 0 Å². The van der Waals surface area contributed by atoms with E-state index in [-0.39, 0.29) is 5.54 Å². The van der Waals surface area contributed by atoms with Gasteiger partial charge in [0.1, 0.15) is 0 Å². The predicted octanol–water partition coefficient (Wildman–Crippen LogP) is 3.13. The molecule has 0 bridgehead atoms. The molecule has 0 aromatic heterocycles. The van der Waals surface area contributed by atoms with Gasteiger partial charge < -0.3 is 14.8 Å². The summed E-state index contributed by atoms with van der Waals surface area (Å²) in [4.78, 5) is 0. The molecule has 3 heteroatoms. The van der Waals surface area contributed by atoms with Crippen LogP contribution in [0.4, 0.5) is 0 Å². The Hall–Kier alpha value is -0.900. The number of hydrogen-bond acceptors (Lipinski definition) is 3. The van der Waals surface area contributed by atoms with Crippen LogP contribution in [0.1, 0.15) is 38.3 Å². The largest absolute Gasteiger partial charge is 0.381 e. The summed E-state index contributed by atoms with van der Waals surface area (Å²) in [6, 6.07) is 8.62. The summed E-state index contributed by atoms with van der Waals surface area (Å²) in [6.45, 7) is 10.7. The number of nitrogens with one attached hydrogen (secondary N) is 1. The Labute approximate surface area is 122 Å². The average Bonchev–Trinajstić information content (AvgIpc) is 2.89. The molecule has 1 unspecified atom stereocenters. The molecule has 1 saturated heterocycles. The molecule has 0 amide bonds. The first-order valence-electron chi connectivity index (χ1n) is 7.51. The van der Waals surface area contributed by atoms with Gasteiger partial charge in [-0.05, 0) is 38.3 Å². The molecule has 1 aromatic carbocycles. The molecule has 0 aliphatic carbocycles. The second kappa shape index (κ2) is 7.21. The molecule has 1 fully saturated rings. The highest BCUT2D eigenvalue weighted by Crippen LogP contribution is 2.14. The highest BCUT2D eigenvalue weighted by Gasteiger charge is 2.15. The lowest BCUT2D eigenvalue weighted by molar-refractivity contribution is 0.0791. The fourth-order valence-corrected chi connectivity index (χ4v) is 2.25. The molecule has 0 spiro atoms. The Morgan fingerprint density at radius 3 is 2.80 bits per heavy atom. The normalized spacial score (nSPS) is 19.4. The summed E-state index contributed by atoms with van der Waals surface area (Å²) >= 11 is 0. The van der Waals surface area contributed by atoms with E-state index < -0.39 is 0 Å². The van der Waals surface area contributed by atoms with Crippen molar-refractivity contribution in [2.24, 2.45) is 5.92 Å². The molecule has 1 aliphatic rings. The molecule has 112 valence electrons. The van der Waals surface area contributed by atoms with E-state index in [1.54, 1.807) is 0 Å². The quantitative estimate of drug-likeness (QED) is 0.866. The first-order valence-corrected chi connectivity index (χ1v) is 7.51. The van der Waals surface area contributed by atoms with Crippen molar-refractivity contribution in [2.45, 2.75) is 45.9 Å². The molecular formula is C17H27NO2. The van der Waals surface area contributed by atoms with Crippen LogP contribution in [0.5, 0.6) is 0 Å². The van der Waals surface area contributed by atoms with Gasteiger partial charge in [0, 0.05) is 24.6 Å². The standard InChI is InChI=1S/C17H27NO2/c1-17(2,3)18-10-14-5-4-6-15(9-14)11-20-13-16-7-8-19-12-16/h4-6,9,16,18H,7-8,10-13H2,1-3H3. The predicted molar refractivity (Wildman–Crippen MR) is 81.6 cm³/mol. The van der Waals surface area contributed by atoms with E-state index in [9.17, 15) is 0 Å². The number of rotatable bonds is 6. The fraction of sp³-hybridized carbons (Fsp3) is 0.647. The first-order chi connectivity index (χ1) is 9.53. The summed E-state index contributed by atoms with van der Waals surface area (Å²) in [5, 5.41) is 3.51. The van der Waals surface area contributed by atoms with E-state index in [0.29, 0.717) is 12.5 Å². The van der Waals surface area contributed by atoms with Crippen LogP contribution in [0.3, 0.4) is 0 Å². The minimum atomic E-state index is 0.148. The van der Waals surface area contributed by atoms with Crippen LogP contribution in [0.2, 0.25) is 0 Å². The molecule has 1 N–H and O–H groups in total. The molecule has 1 heterocycles. The molecule has 20 heavy (non-hydrogen) atoms. The monoisotopic (exact) mass is 277 g/mol. The van der Waals surface area contributed by atoms with Gasteiger partial charge in [-0.25, -0.2) is 0 Å². The molecule has 1 atom stereocenters. The van der Waals surface area contributed by atoms with Crippen molar-refractivity contribution in [3.63, 3.8) is 0 Å². The second-order valence-electron chi connectivity index (χ2n) is 6.67. The van der Waals surface area contributed by atoms with E-state index in [4.69, 9.17) is 9.47 Å². The van der Waals surface area contributed by atoms with E-state index in [2.05, 4.69) is 50.4 Å². The van der Waals surface area contributed by atoms with Crippen molar-refractivity contribution >= 4 is 0 Å². The molecule has 2 rings (SSSR count). The van der Waals surface area contributed by atoms with E-state index in [1.807, 2.05) is 0 Å². The van der Waals surface area contributed by atoms with E-state index in [1.165, 1.54) is 11.1 Å². The lowest BCUT2D eigenvalue weighted by Crippen LogP contribution is -2.35. The minimum Gasteiger partial charge on any atom is -0.381 e. The van der Waals surface area contributed by atoms with Crippen molar-refractivity contribution in [3.05, 3.63) is 35.4 Å². The van der Waals surface area contributed by atoms with Crippen LogP contribution in [-0.4, -0.2) is 25.4 Å². The van der Waals surface area contributed by atoms with Gasteiger partial charge in [-0.15, -0.1) is 0 Å². The van der Waals surface area contributed by atoms with Gasteiger partial charge >= 0.3 is 0 Å². The van der Waals surface area contributed by atoms with Crippen molar-refractivity contribution in [1.29, 1.82) is 0 Å². The van der Waals surface area contributed by atoms with Crippen molar-refractivity contribution in [2.75, 3.05) is 19.8 Å². The molecule has 1 aromatic rings. The van der Waals surface area contributed by atoms with Gasteiger partial charge in [-0.3, -0.25) is 0 Å². The maximum absolute atomic E-state index is 5.80. The Morgan fingerprint density at radius 2 is 2.10 bits per heavy atom. The van der Waals surface area contributed by atoms with Crippen LogP contribution < -0.4 is 5.32 Å². The van der Waals surface area contributed by atoms with Gasteiger partial charge in [-0.1, -0.05) is 24.3 Å². The van der Waals surface area contributed by atoms with Gasteiger partial charge in [0.2, 0.25) is 0 Å². The Morgan fingerprint density at radius 1 is 1.30 bits per heavy atom. The summed E-state index contributed by atoms with van der Waals surface area (Å²) in [6.07, 6.45) is 1.13. The zero-order valence-corrected chi connectivity index (χ0v) is 12.9. The third-order valence-corrected chi connectivity index (χ3v) is 3.46. The number of ether oxygens (including phenoxy) is 2.